The smallest absolute Gasteiger partial charge is 0.410 e. The summed E-state index contributed by atoms with van der Waals surface area (Å²) in [6.07, 6.45) is 30.7. The Morgan fingerprint density at radius 1 is 0.939 bits per heavy atom. The van der Waals surface area contributed by atoms with Crippen LogP contribution in [0.4, 0.5) is 9.18 Å². The molecule has 4 rings (SSSR count). The number of aliphatic hydroxyl groups is 1. The van der Waals surface area contributed by atoms with Crippen LogP contribution >= 0.6 is 8.58 Å². The van der Waals surface area contributed by atoms with Crippen molar-refractivity contribution in [3.63, 3.8) is 0 Å². The molecule has 66 heavy (non-hydrogen) atoms. The third kappa shape index (κ3) is 32.6. The van der Waals surface area contributed by atoms with Crippen molar-refractivity contribution in [2.75, 3.05) is 19.0 Å². The van der Waals surface area contributed by atoms with Gasteiger partial charge in [0.15, 0.2) is 0 Å². The van der Waals surface area contributed by atoms with E-state index in [-0.39, 0.29) is 35.5 Å². The van der Waals surface area contributed by atoms with E-state index in [9.17, 15) is 23.6 Å². The Hall–Kier alpha value is -3.06. The maximum absolute atomic E-state index is 13.4. The molecule has 1 saturated heterocycles. The van der Waals surface area contributed by atoms with E-state index in [2.05, 4.69) is 53.1 Å². The Morgan fingerprint density at radius 2 is 1.55 bits per heavy atom. The predicted molar refractivity (Wildman–Crippen MR) is 279 cm³/mol. The Labute approximate surface area is 405 Å². The van der Waals surface area contributed by atoms with Crippen molar-refractivity contribution in [1.29, 1.82) is 0 Å². The van der Waals surface area contributed by atoms with E-state index in [0.717, 1.165) is 84.0 Å². The lowest BCUT2D eigenvalue weighted by Crippen LogP contribution is -2.40. The van der Waals surface area contributed by atoms with Gasteiger partial charge in [-0.05, 0) is 127 Å². The van der Waals surface area contributed by atoms with E-state index in [4.69, 9.17) is 9.84 Å². The van der Waals surface area contributed by atoms with Crippen molar-refractivity contribution in [3.05, 3.63) is 60.1 Å². The Kier molecular flexibility index (Phi) is 36.1. The third-order valence-electron chi connectivity index (χ3n) is 12.2. The number of aldehydes is 1. The van der Waals surface area contributed by atoms with Crippen LogP contribution in [0.5, 0.6) is 0 Å². The van der Waals surface area contributed by atoms with Gasteiger partial charge in [0, 0.05) is 31.1 Å². The number of rotatable bonds is 26. The zero-order chi connectivity index (χ0) is 49.9. The number of carbonyl (C=O) groups is 4. The van der Waals surface area contributed by atoms with E-state index in [0.29, 0.717) is 30.1 Å². The molecule has 2 N–H and O–H groups in total. The van der Waals surface area contributed by atoms with Crippen molar-refractivity contribution in [1.82, 2.24) is 10.2 Å². The van der Waals surface area contributed by atoms with Crippen LogP contribution < -0.4 is 5.32 Å². The topological polar surface area (TPSA) is 113 Å². The number of unbranched alkanes of at least 4 members (excludes halogenated alkanes) is 9. The molecule has 0 aromatic heterocycles. The fourth-order valence-corrected chi connectivity index (χ4v) is 8.89. The van der Waals surface area contributed by atoms with Gasteiger partial charge in [-0.25, -0.2) is 9.18 Å². The van der Waals surface area contributed by atoms with E-state index < -0.39 is 5.60 Å². The number of allylic oxidation sites excluding steroid dienone is 2. The number of Topliss-reactive ketones (excluding diaryl/α,β-unsaturated/α-hetero) is 1. The normalized spacial score (nSPS) is 18.1. The van der Waals surface area contributed by atoms with Crippen molar-refractivity contribution >= 4 is 32.7 Å². The number of ketones is 1. The molecule has 0 bridgehead atoms. The Morgan fingerprint density at radius 3 is 2.05 bits per heavy atom. The highest BCUT2D eigenvalue weighted by atomic mass is 31.1. The molecule has 1 aromatic carbocycles. The summed E-state index contributed by atoms with van der Waals surface area (Å²) < 4.78 is 18.6. The monoisotopic (exact) mass is 945 g/mol. The summed E-state index contributed by atoms with van der Waals surface area (Å²) in [6.45, 7) is 27.7. The molecule has 8 nitrogen and oxygen atoms in total. The fourth-order valence-electron chi connectivity index (χ4n) is 7.72. The van der Waals surface area contributed by atoms with Crippen LogP contribution in [0.1, 0.15) is 209 Å². The van der Waals surface area contributed by atoms with Gasteiger partial charge in [-0.2, -0.15) is 0 Å². The molecule has 1 heterocycles. The standard InChI is InChI=1S/C16H30O.C14H26NOP.C13H19F.C10H17NO3.C3H6O/c1-2-3-4-5-6-7-8-9-10-11-12-16(17)15-13-14-15;1-4-6-11(3)7-8-17-10-15-14(16)13-9-12(13)5-2;1-4-10(3)9-11-7-6-8-13(14)12(11)5-2;1-10(2,3)14-9(13)11-6-4-5-8(11)7-12;1-3(2)4/h15H,2-14H2,1H3;5,11-13,17H,2,4,6-10H2,1,3H3,(H,15,16);6-8,10H,4-5,9H2,1-3H3;7-8H,4-6H2,1-3H3;4H,1H2,2H3. The predicted octanol–water partition coefficient (Wildman–Crippen LogP) is 15.3. The molecule has 2 aliphatic carbocycles. The second kappa shape index (κ2) is 37.9. The van der Waals surface area contributed by atoms with Crippen LogP contribution in [-0.2, 0) is 32.0 Å². The third-order valence-corrected chi connectivity index (χ3v) is 13.3. The maximum atomic E-state index is 13.4. The zero-order valence-corrected chi connectivity index (χ0v) is 44.8. The van der Waals surface area contributed by atoms with Gasteiger partial charge >= 0.3 is 6.09 Å². The van der Waals surface area contributed by atoms with Crippen LogP contribution in [0, 0.1) is 35.4 Å². The van der Waals surface area contributed by atoms with Gasteiger partial charge in [-0.15, -0.1) is 15.2 Å². The molecule has 6 unspecified atom stereocenters. The first-order valence-electron chi connectivity index (χ1n) is 26.1. The number of carbonyl (C=O) groups excluding carboxylic acids is 4. The van der Waals surface area contributed by atoms with Gasteiger partial charge < -0.3 is 20.0 Å². The van der Waals surface area contributed by atoms with Crippen LogP contribution in [0.15, 0.2) is 43.2 Å². The number of nitrogens with one attached hydrogen (secondary N) is 1. The summed E-state index contributed by atoms with van der Waals surface area (Å²) in [7, 11) is 0.878. The summed E-state index contributed by atoms with van der Waals surface area (Å²) >= 11 is 0. The minimum atomic E-state index is -0.493. The SMILES string of the molecule is C=C(C)O.C=CC1CC1C(=O)NCPCCC(C)CCC.CC(C)(C)OC(=O)N1CCCC1C=O.CCCCCCCCCCCCC(=O)C1CC1.CCc1c(F)cccc1CC(C)CC. The number of ether oxygens (including phenoxy) is 1. The van der Waals surface area contributed by atoms with Gasteiger partial charge in [0.05, 0.1) is 11.8 Å². The molecule has 3 fully saturated rings. The first-order chi connectivity index (χ1) is 31.4. The van der Waals surface area contributed by atoms with Crippen LogP contribution in [-0.4, -0.2) is 64.7 Å². The molecular formula is C56H98FN2O6P. The lowest BCUT2D eigenvalue weighted by molar-refractivity contribution is -0.122. The number of nitrogens with zero attached hydrogens (tertiary/aromatic N) is 1. The van der Waals surface area contributed by atoms with Crippen molar-refractivity contribution in [2.24, 2.45) is 29.6 Å². The Balaban J connectivity index is 0.000000832. The second-order valence-electron chi connectivity index (χ2n) is 20.0. The van der Waals surface area contributed by atoms with E-state index >= 15 is 0 Å². The molecule has 0 spiro atoms. The molecular weight excluding hydrogens is 847 g/mol. The number of hydrogen-bond acceptors (Lipinski definition) is 6. The molecule has 6 atom stereocenters. The molecule has 10 heteroatoms. The molecule has 1 aliphatic heterocycles. The maximum Gasteiger partial charge on any atom is 0.410 e. The molecule has 380 valence electrons. The fraction of sp³-hybridized carbons (Fsp3) is 0.750. The van der Waals surface area contributed by atoms with Gasteiger partial charge in [-0.3, -0.25) is 14.5 Å². The van der Waals surface area contributed by atoms with Gasteiger partial charge in [0.1, 0.15) is 23.5 Å². The average Bonchev–Trinajstić information content (AvgIpc) is 4.21. The number of amides is 2. The highest BCUT2D eigenvalue weighted by Crippen LogP contribution is 2.39. The summed E-state index contributed by atoms with van der Waals surface area (Å²) in [4.78, 5) is 46.8. The second-order valence-corrected chi connectivity index (χ2v) is 21.4. The number of hydrogen-bond donors (Lipinski definition) is 2. The van der Waals surface area contributed by atoms with E-state index in [1.165, 1.54) is 113 Å². The summed E-state index contributed by atoms with van der Waals surface area (Å²) in [5.74, 6) is 3.55. The lowest BCUT2D eigenvalue weighted by atomic mass is 9.94. The first-order valence-corrected chi connectivity index (χ1v) is 27.5. The quantitative estimate of drug-likeness (QED) is 0.0314. The van der Waals surface area contributed by atoms with Gasteiger partial charge in [0.25, 0.3) is 0 Å². The molecule has 2 saturated carbocycles. The minimum Gasteiger partial charge on any atom is -0.513 e. The van der Waals surface area contributed by atoms with Crippen molar-refractivity contribution in [3.8, 4) is 0 Å². The molecule has 3 aliphatic rings. The highest BCUT2D eigenvalue weighted by Gasteiger charge is 2.40. The number of likely N-dealkylation sites (tertiary alicyclic amines) is 1. The summed E-state index contributed by atoms with van der Waals surface area (Å²) in [6, 6.07) is 5.13. The number of halogens is 1. The molecule has 1 aromatic rings. The number of aliphatic hydroxyl groups excluding tert-OH is 1. The van der Waals surface area contributed by atoms with Crippen LogP contribution in [0.2, 0.25) is 0 Å². The largest absolute Gasteiger partial charge is 0.513 e. The molecule has 0 radical (unpaired) electrons. The van der Waals surface area contributed by atoms with Crippen molar-refractivity contribution < 1.29 is 33.4 Å². The van der Waals surface area contributed by atoms with Crippen molar-refractivity contribution in [2.45, 2.75) is 222 Å². The lowest BCUT2D eigenvalue weighted by Gasteiger charge is -2.26. The average molecular weight is 945 g/mol. The van der Waals surface area contributed by atoms with Gasteiger partial charge in [0.2, 0.25) is 5.91 Å². The van der Waals surface area contributed by atoms with Crippen LogP contribution in [0.25, 0.3) is 0 Å². The zero-order valence-electron chi connectivity index (χ0n) is 43.8. The highest BCUT2D eigenvalue weighted by molar-refractivity contribution is 7.37. The van der Waals surface area contributed by atoms with E-state index in [1.54, 1.807) is 6.07 Å². The first kappa shape index (κ1) is 62.9. The minimum absolute atomic E-state index is 0.0479. The van der Waals surface area contributed by atoms with E-state index in [1.807, 2.05) is 45.9 Å². The number of benzene rings is 1. The summed E-state index contributed by atoms with van der Waals surface area (Å²) in [5.41, 5.74) is 1.59. The Bertz CT molecular complexity index is 1490. The van der Waals surface area contributed by atoms with Gasteiger partial charge in [-0.1, -0.05) is 143 Å². The molecule has 2 amide bonds. The van der Waals surface area contributed by atoms with Crippen LogP contribution in [0.3, 0.4) is 0 Å². The summed E-state index contributed by atoms with van der Waals surface area (Å²) in [5, 5.41) is 10.9.